The summed E-state index contributed by atoms with van der Waals surface area (Å²) in [6, 6.07) is 14.7. The number of hydrogen-bond acceptors (Lipinski definition) is 4. The van der Waals surface area contributed by atoms with Gasteiger partial charge in [-0.1, -0.05) is 24.3 Å². The number of carbonyl (C=O) groups excluding carboxylic acids is 1. The Morgan fingerprint density at radius 3 is 2.60 bits per heavy atom. The van der Waals surface area contributed by atoms with Gasteiger partial charge >= 0.3 is 0 Å². The minimum atomic E-state index is -0.0284. The average Bonchev–Trinajstić information content (AvgIpc) is 2.75. The highest BCUT2D eigenvalue weighted by Gasteiger charge is 2.26. The molecular weight excluding hydrogens is 440 g/mol. The third-order valence-corrected chi connectivity index (χ3v) is 7.08. The molecule has 5 nitrogen and oxygen atoms in total. The summed E-state index contributed by atoms with van der Waals surface area (Å²) in [6.45, 7) is 5.88. The number of carbonyl (C=O) groups is 1. The Labute approximate surface area is 188 Å². The van der Waals surface area contributed by atoms with Gasteiger partial charge in [-0.05, 0) is 65.1 Å². The van der Waals surface area contributed by atoms with Gasteiger partial charge in [0.2, 0.25) is 0 Å². The monoisotopic (exact) mass is 470 g/mol. The molecule has 1 saturated heterocycles. The van der Waals surface area contributed by atoms with Crippen molar-refractivity contribution in [3.63, 3.8) is 0 Å². The molecule has 2 aliphatic heterocycles. The van der Waals surface area contributed by atoms with Crippen molar-refractivity contribution in [2.75, 3.05) is 58.3 Å². The van der Waals surface area contributed by atoms with Gasteiger partial charge in [0.25, 0.3) is 5.91 Å². The van der Waals surface area contributed by atoms with E-state index in [2.05, 4.69) is 68.2 Å². The third-order valence-electron chi connectivity index (χ3n) is 6.39. The first-order chi connectivity index (χ1) is 14.5. The van der Waals surface area contributed by atoms with E-state index >= 15 is 0 Å². The molecule has 2 aromatic rings. The summed E-state index contributed by atoms with van der Waals surface area (Å²) in [5.41, 5.74) is 4.76. The van der Waals surface area contributed by atoms with Gasteiger partial charge in [0.05, 0.1) is 11.6 Å². The molecule has 0 saturated carbocycles. The Hall–Kier alpha value is -1.89. The van der Waals surface area contributed by atoms with Crippen molar-refractivity contribution in [1.82, 2.24) is 15.1 Å². The molecule has 30 heavy (non-hydrogen) atoms. The maximum atomic E-state index is 12.8. The molecule has 0 unspecified atom stereocenters. The van der Waals surface area contributed by atoms with Crippen LogP contribution < -0.4 is 10.2 Å². The molecule has 0 aliphatic carbocycles. The third kappa shape index (κ3) is 4.71. The molecule has 1 fully saturated rings. The highest BCUT2D eigenvalue weighted by molar-refractivity contribution is 9.10. The fourth-order valence-electron chi connectivity index (χ4n) is 4.53. The Morgan fingerprint density at radius 1 is 1.07 bits per heavy atom. The number of nitrogens with one attached hydrogen (secondary N) is 1. The summed E-state index contributed by atoms with van der Waals surface area (Å²) < 4.78 is 0.829. The molecule has 0 bridgehead atoms. The van der Waals surface area contributed by atoms with Crippen LogP contribution in [0.15, 0.2) is 46.9 Å². The number of benzene rings is 2. The Balaban J connectivity index is 1.56. The molecule has 1 atom stereocenters. The van der Waals surface area contributed by atoms with Crippen molar-refractivity contribution in [1.29, 1.82) is 0 Å². The first-order valence-corrected chi connectivity index (χ1v) is 11.6. The van der Waals surface area contributed by atoms with Crippen LogP contribution in [0.25, 0.3) is 0 Å². The second-order valence-corrected chi connectivity index (χ2v) is 9.31. The molecule has 2 aromatic carbocycles. The van der Waals surface area contributed by atoms with Gasteiger partial charge in [0.15, 0.2) is 0 Å². The van der Waals surface area contributed by atoms with Crippen molar-refractivity contribution in [3.8, 4) is 0 Å². The van der Waals surface area contributed by atoms with Crippen molar-refractivity contribution in [2.24, 2.45) is 0 Å². The molecule has 2 aliphatic rings. The lowest BCUT2D eigenvalue weighted by atomic mass is 9.95. The lowest BCUT2D eigenvalue weighted by Gasteiger charge is -2.39. The molecule has 0 radical (unpaired) electrons. The summed E-state index contributed by atoms with van der Waals surface area (Å²) >= 11 is 3.50. The van der Waals surface area contributed by atoms with E-state index in [1.807, 2.05) is 24.3 Å². The topological polar surface area (TPSA) is 38.8 Å². The van der Waals surface area contributed by atoms with Gasteiger partial charge in [0, 0.05) is 56.5 Å². The van der Waals surface area contributed by atoms with Gasteiger partial charge in [0.1, 0.15) is 0 Å². The number of piperazine rings is 1. The second-order valence-electron chi connectivity index (χ2n) is 8.46. The number of rotatable bonds is 5. The molecule has 0 aromatic heterocycles. The van der Waals surface area contributed by atoms with Crippen molar-refractivity contribution < 1.29 is 4.79 Å². The first kappa shape index (κ1) is 21.3. The molecular formula is C24H31BrN4O. The van der Waals surface area contributed by atoms with E-state index < -0.39 is 0 Å². The number of amides is 1. The normalized spacial score (nSPS) is 18.7. The Kier molecular flexibility index (Phi) is 6.76. The zero-order valence-corrected chi connectivity index (χ0v) is 19.5. The zero-order valence-electron chi connectivity index (χ0n) is 17.9. The highest BCUT2D eigenvalue weighted by Crippen LogP contribution is 2.31. The van der Waals surface area contributed by atoms with Crippen LogP contribution in [-0.2, 0) is 6.42 Å². The van der Waals surface area contributed by atoms with Crippen LogP contribution in [0.3, 0.4) is 0 Å². The van der Waals surface area contributed by atoms with Crippen molar-refractivity contribution >= 4 is 27.5 Å². The number of halogens is 1. The SMILES string of the molecule is CN1CCN([C@H](CNC(=O)c2ccccc2Br)c2ccc3c(c2)CCCN3C)CC1. The summed E-state index contributed by atoms with van der Waals surface area (Å²) in [4.78, 5) is 20.1. The van der Waals surface area contributed by atoms with E-state index in [0.717, 1.165) is 43.6 Å². The van der Waals surface area contributed by atoms with E-state index in [9.17, 15) is 4.79 Å². The number of likely N-dealkylation sites (N-methyl/N-ethyl adjacent to an activating group) is 1. The van der Waals surface area contributed by atoms with E-state index in [0.29, 0.717) is 12.1 Å². The summed E-state index contributed by atoms with van der Waals surface area (Å²) in [5.74, 6) is -0.0284. The maximum absolute atomic E-state index is 12.8. The minimum Gasteiger partial charge on any atom is -0.374 e. The lowest BCUT2D eigenvalue weighted by Crippen LogP contribution is -2.48. The van der Waals surface area contributed by atoms with Crippen LogP contribution in [0.4, 0.5) is 5.69 Å². The fraction of sp³-hybridized carbons (Fsp3) is 0.458. The van der Waals surface area contributed by atoms with Crippen LogP contribution >= 0.6 is 15.9 Å². The van der Waals surface area contributed by atoms with Gasteiger partial charge < -0.3 is 15.1 Å². The maximum Gasteiger partial charge on any atom is 0.252 e. The first-order valence-electron chi connectivity index (χ1n) is 10.8. The van der Waals surface area contributed by atoms with E-state index in [4.69, 9.17) is 0 Å². The summed E-state index contributed by atoms with van der Waals surface area (Å²) in [7, 11) is 4.35. The number of anilines is 1. The molecule has 160 valence electrons. The predicted octanol–water partition coefficient (Wildman–Crippen LogP) is 3.55. The largest absolute Gasteiger partial charge is 0.374 e. The molecule has 6 heteroatoms. The van der Waals surface area contributed by atoms with E-state index in [1.165, 1.54) is 23.2 Å². The molecule has 1 N–H and O–H groups in total. The van der Waals surface area contributed by atoms with Gasteiger partial charge in [-0.2, -0.15) is 0 Å². The van der Waals surface area contributed by atoms with Crippen molar-refractivity contribution in [2.45, 2.75) is 18.9 Å². The van der Waals surface area contributed by atoms with E-state index in [1.54, 1.807) is 0 Å². The van der Waals surface area contributed by atoms with Crippen LogP contribution in [0.1, 0.15) is 33.9 Å². The van der Waals surface area contributed by atoms with Gasteiger partial charge in [-0.3, -0.25) is 9.69 Å². The van der Waals surface area contributed by atoms with Crippen LogP contribution in [0, 0.1) is 0 Å². The van der Waals surface area contributed by atoms with Crippen LogP contribution in [-0.4, -0.2) is 69.1 Å². The van der Waals surface area contributed by atoms with Gasteiger partial charge in [-0.25, -0.2) is 0 Å². The average molecular weight is 471 g/mol. The zero-order chi connectivity index (χ0) is 21.1. The van der Waals surface area contributed by atoms with Crippen LogP contribution in [0.2, 0.25) is 0 Å². The smallest absolute Gasteiger partial charge is 0.252 e. The van der Waals surface area contributed by atoms with Gasteiger partial charge in [-0.15, -0.1) is 0 Å². The quantitative estimate of drug-likeness (QED) is 0.724. The molecule has 0 spiro atoms. The number of fused-ring (bicyclic) bond motifs is 1. The summed E-state index contributed by atoms with van der Waals surface area (Å²) in [6.07, 6.45) is 2.33. The Bertz CT molecular complexity index is 895. The summed E-state index contributed by atoms with van der Waals surface area (Å²) in [5, 5.41) is 3.20. The number of hydrogen-bond donors (Lipinski definition) is 1. The van der Waals surface area contributed by atoms with E-state index in [-0.39, 0.29) is 11.9 Å². The highest BCUT2D eigenvalue weighted by atomic mass is 79.9. The molecule has 1 amide bonds. The molecule has 4 rings (SSSR count). The lowest BCUT2D eigenvalue weighted by molar-refractivity contribution is 0.0885. The second kappa shape index (κ2) is 9.50. The number of aryl methyl sites for hydroxylation is 1. The minimum absolute atomic E-state index is 0.0284. The predicted molar refractivity (Wildman–Crippen MR) is 126 cm³/mol. The standard InChI is InChI=1S/C24H31BrN4O/c1-27-12-14-29(15-13-27)23(17-26-24(30)20-7-3-4-8-21(20)25)19-9-10-22-18(16-19)6-5-11-28(22)2/h3-4,7-10,16,23H,5-6,11-15,17H2,1-2H3,(H,26,30)/t23-/m1/s1. The molecule has 2 heterocycles. The number of nitrogens with zero attached hydrogens (tertiary/aromatic N) is 3. The van der Waals surface area contributed by atoms with Crippen molar-refractivity contribution in [3.05, 3.63) is 63.6 Å². The Morgan fingerprint density at radius 2 is 1.83 bits per heavy atom. The van der Waals surface area contributed by atoms with Crippen LogP contribution in [0.5, 0.6) is 0 Å². The fourth-order valence-corrected chi connectivity index (χ4v) is 5.00.